The molecule has 0 aliphatic carbocycles. The maximum atomic E-state index is 13.6. The summed E-state index contributed by atoms with van der Waals surface area (Å²) in [6.45, 7) is 1.74. The molecule has 0 saturated carbocycles. The lowest BCUT2D eigenvalue weighted by Crippen LogP contribution is -2.34. The second kappa shape index (κ2) is 8.93. The van der Waals surface area contributed by atoms with E-state index in [1.165, 1.54) is 30.7 Å². The molecular formula is C22H21ClFNO4S. The number of benzene rings is 3. The highest BCUT2D eigenvalue weighted by Gasteiger charge is 2.32. The molecule has 3 aromatic carbocycles. The Balaban J connectivity index is 2.20. The van der Waals surface area contributed by atoms with Crippen LogP contribution in [-0.4, -0.2) is 22.6 Å². The Hall–Kier alpha value is -2.77. The van der Waals surface area contributed by atoms with Crippen LogP contribution in [0.1, 0.15) is 18.5 Å². The van der Waals surface area contributed by atoms with Crippen molar-refractivity contribution in [3.05, 3.63) is 83.1 Å². The third-order valence-corrected chi connectivity index (χ3v) is 6.86. The molecule has 158 valence electrons. The van der Waals surface area contributed by atoms with Gasteiger partial charge in [0.15, 0.2) is 0 Å². The van der Waals surface area contributed by atoms with Crippen LogP contribution in [0.25, 0.3) is 0 Å². The number of hydrogen-bond donors (Lipinski definition) is 0. The van der Waals surface area contributed by atoms with Crippen LogP contribution in [0.5, 0.6) is 11.5 Å². The van der Waals surface area contributed by atoms with Crippen molar-refractivity contribution in [2.24, 2.45) is 0 Å². The normalized spacial score (nSPS) is 12.3. The van der Waals surface area contributed by atoms with E-state index >= 15 is 0 Å². The lowest BCUT2D eigenvalue weighted by atomic mass is 10.1. The smallest absolute Gasteiger partial charge is 0.264 e. The molecule has 0 N–H and O–H groups in total. The third-order valence-electron chi connectivity index (χ3n) is 4.69. The molecule has 0 radical (unpaired) electrons. The quantitative estimate of drug-likeness (QED) is 0.481. The molecule has 0 bridgehead atoms. The van der Waals surface area contributed by atoms with Crippen molar-refractivity contribution >= 4 is 27.3 Å². The molecule has 30 heavy (non-hydrogen) atoms. The number of methoxy groups -OCH3 is 2. The number of anilines is 1. The van der Waals surface area contributed by atoms with Crippen LogP contribution in [0, 0.1) is 5.82 Å². The Morgan fingerprint density at radius 2 is 1.57 bits per heavy atom. The zero-order valence-electron chi connectivity index (χ0n) is 16.7. The molecule has 0 amide bonds. The summed E-state index contributed by atoms with van der Waals surface area (Å²) in [6, 6.07) is 15.7. The van der Waals surface area contributed by atoms with E-state index in [1.807, 2.05) is 0 Å². The molecule has 0 heterocycles. The second-order valence-corrected chi connectivity index (χ2v) is 8.77. The van der Waals surface area contributed by atoms with Gasteiger partial charge in [0.25, 0.3) is 10.0 Å². The van der Waals surface area contributed by atoms with Crippen molar-refractivity contribution in [2.75, 3.05) is 18.5 Å². The maximum Gasteiger partial charge on any atom is 0.264 e. The number of hydrogen-bond acceptors (Lipinski definition) is 4. The van der Waals surface area contributed by atoms with Crippen molar-refractivity contribution in [1.82, 2.24) is 0 Å². The van der Waals surface area contributed by atoms with E-state index < -0.39 is 21.9 Å². The molecule has 0 aliphatic heterocycles. The summed E-state index contributed by atoms with van der Waals surface area (Å²) in [6.07, 6.45) is 0. The fourth-order valence-electron chi connectivity index (χ4n) is 3.17. The van der Waals surface area contributed by atoms with Gasteiger partial charge >= 0.3 is 0 Å². The van der Waals surface area contributed by atoms with E-state index in [0.29, 0.717) is 27.8 Å². The highest BCUT2D eigenvalue weighted by molar-refractivity contribution is 7.92. The van der Waals surface area contributed by atoms with Crippen molar-refractivity contribution in [3.8, 4) is 11.5 Å². The summed E-state index contributed by atoms with van der Waals surface area (Å²) in [5.41, 5.74) is 1.01. The Morgan fingerprint density at radius 3 is 2.13 bits per heavy atom. The largest absolute Gasteiger partial charge is 0.497 e. The fourth-order valence-corrected chi connectivity index (χ4v) is 4.93. The van der Waals surface area contributed by atoms with Crippen LogP contribution in [0.3, 0.4) is 0 Å². The van der Waals surface area contributed by atoms with Crippen molar-refractivity contribution < 1.29 is 22.3 Å². The van der Waals surface area contributed by atoms with Gasteiger partial charge in [-0.2, -0.15) is 0 Å². The monoisotopic (exact) mass is 449 g/mol. The summed E-state index contributed by atoms with van der Waals surface area (Å²) in [5, 5.41) is 0.476. The maximum absolute atomic E-state index is 13.6. The number of sulfonamides is 1. The first-order chi connectivity index (χ1) is 14.3. The summed E-state index contributed by atoms with van der Waals surface area (Å²) in [5.74, 6) is 0.555. The Bertz CT molecular complexity index is 1120. The van der Waals surface area contributed by atoms with E-state index in [4.69, 9.17) is 21.1 Å². The van der Waals surface area contributed by atoms with Gasteiger partial charge in [0.2, 0.25) is 0 Å². The molecule has 0 aliphatic rings. The van der Waals surface area contributed by atoms with E-state index in [9.17, 15) is 12.8 Å². The predicted octanol–water partition coefficient (Wildman–Crippen LogP) is 5.45. The summed E-state index contributed by atoms with van der Waals surface area (Å²) in [4.78, 5) is -0.0347. The Morgan fingerprint density at radius 1 is 0.933 bits per heavy atom. The van der Waals surface area contributed by atoms with E-state index in [0.717, 1.165) is 12.1 Å². The van der Waals surface area contributed by atoms with Crippen LogP contribution >= 0.6 is 11.6 Å². The zero-order valence-corrected chi connectivity index (χ0v) is 18.2. The Labute approximate surface area is 180 Å². The fraction of sp³-hybridized carbons (Fsp3) is 0.182. The summed E-state index contributed by atoms with van der Waals surface area (Å²) >= 11 is 6.00. The highest BCUT2D eigenvalue weighted by atomic mass is 35.5. The van der Waals surface area contributed by atoms with Gasteiger partial charge in [-0.1, -0.05) is 11.6 Å². The number of rotatable bonds is 7. The van der Waals surface area contributed by atoms with Crippen molar-refractivity contribution in [1.29, 1.82) is 0 Å². The lowest BCUT2D eigenvalue weighted by Gasteiger charge is -2.32. The topological polar surface area (TPSA) is 55.8 Å². The standard InChI is InChI=1S/C22H21ClFNO4S/c1-15(21-14-19(28-2)10-13-22(21)29-3)25(18-8-4-16(23)5-9-18)30(26,27)20-11-6-17(24)7-12-20/h4-15H,1-3H3/t15-/m1/s1. The average Bonchev–Trinajstić information content (AvgIpc) is 2.74. The first-order valence-corrected chi connectivity index (χ1v) is 10.9. The first kappa shape index (κ1) is 21.9. The van der Waals surface area contributed by atoms with Gasteiger partial charge in [-0.25, -0.2) is 12.8 Å². The van der Waals surface area contributed by atoms with Crippen LogP contribution in [0.2, 0.25) is 5.02 Å². The highest BCUT2D eigenvalue weighted by Crippen LogP contribution is 2.38. The molecule has 0 unspecified atom stereocenters. The van der Waals surface area contributed by atoms with Gasteiger partial charge in [-0.05, 0) is 73.7 Å². The van der Waals surface area contributed by atoms with Gasteiger partial charge < -0.3 is 9.47 Å². The van der Waals surface area contributed by atoms with E-state index in [2.05, 4.69) is 0 Å². The molecule has 0 saturated heterocycles. The van der Waals surface area contributed by atoms with Gasteiger partial charge in [0.05, 0.1) is 30.8 Å². The van der Waals surface area contributed by atoms with Gasteiger partial charge in [-0.3, -0.25) is 4.31 Å². The number of nitrogens with zero attached hydrogens (tertiary/aromatic N) is 1. The van der Waals surface area contributed by atoms with Crippen molar-refractivity contribution in [2.45, 2.75) is 17.9 Å². The Kier molecular flexibility index (Phi) is 6.53. The minimum absolute atomic E-state index is 0.0347. The summed E-state index contributed by atoms with van der Waals surface area (Å²) < 4.78 is 52.6. The molecule has 1 atom stereocenters. The molecule has 3 rings (SSSR count). The van der Waals surface area contributed by atoms with Crippen molar-refractivity contribution in [3.63, 3.8) is 0 Å². The van der Waals surface area contributed by atoms with Gasteiger partial charge in [0, 0.05) is 10.6 Å². The molecule has 8 heteroatoms. The molecule has 0 spiro atoms. The SMILES string of the molecule is COc1ccc(OC)c([C@@H](C)N(c2ccc(Cl)cc2)S(=O)(=O)c2ccc(F)cc2)c1. The second-order valence-electron chi connectivity index (χ2n) is 6.52. The molecule has 0 fully saturated rings. The number of ether oxygens (including phenoxy) is 2. The molecule has 3 aromatic rings. The first-order valence-electron chi connectivity index (χ1n) is 9.05. The zero-order chi connectivity index (χ0) is 21.9. The molecule has 5 nitrogen and oxygen atoms in total. The molecular weight excluding hydrogens is 429 g/mol. The number of halogens is 2. The van der Waals surface area contributed by atoms with Crippen LogP contribution in [-0.2, 0) is 10.0 Å². The van der Waals surface area contributed by atoms with Crippen LogP contribution in [0.4, 0.5) is 10.1 Å². The van der Waals surface area contributed by atoms with Gasteiger partial charge in [0.1, 0.15) is 17.3 Å². The van der Waals surface area contributed by atoms with Gasteiger partial charge in [-0.15, -0.1) is 0 Å². The van der Waals surface area contributed by atoms with E-state index in [-0.39, 0.29) is 4.90 Å². The van der Waals surface area contributed by atoms with Crippen LogP contribution in [0.15, 0.2) is 71.6 Å². The van der Waals surface area contributed by atoms with Crippen LogP contribution < -0.4 is 13.8 Å². The lowest BCUT2D eigenvalue weighted by molar-refractivity contribution is 0.396. The minimum Gasteiger partial charge on any atom is -0.497 e. The minimum atomic E-state index is -4.05. The van der Waals surface area contributed by atoms with E-state index in [1.54, 1.807) is 49.4 Å². The molecule has 0 aromatic heterocycles. The third kappa shape index (κ3) is 4.37. The predicted molar refractivity (Wildman–Crippen MR) is 115 cm³/mol. The average molecular weight is 450 g/mol. The summed E-state index contributed by atoms with van der Waals surface area (Å²) in [7, 11) is -1.01.